The van der Waals surface area contributed by atoms with E-state index in [9.17, 15) is 57.8 Å². The van der Waals surface area contributed by atoms with Gasteiger partial charge in [0.2, 0.25) is 0 Å². The van der Waals surface area contributed by atoms with Crippen LogP contribution in [0.5, 0.6) is 11.5 Å². The number of phenols is 2. The van der Waals surface area contributed by atoms with Crippen LogP contribution in [-0.2, 0) is 40.3 Å². The van der Waals surface area contributed by atoms with Crippen LogP contribution in [0.3, 0.4) is 0 Å². The van der Waals surface area contributed by atoms with Crippen LogP contribution < -0.4 is 20.1 Å². The SMILES string of the molecule is Cc1cc(Nc2c(O)cc(S(=O)(=O)O)c3ccccc23)ccc1S(=O)(=O)NC(=O)NS(=O)(=O)c1ccc(Nc2c(O)cc(S(=O)(=O)O)c3ccccc23)cc1C. The lowest BCUT2D eigenvalue weighted by molar-refractivity contribution is 0.250. The minimum atomic E-state index is -4.70. The van der Waals surface area contributed by atoms with Gasteiger partial charge in [-0.3, -0.25) is 9.11 Å². The van der Waals surface area contributed by atoms with Crippen LogP contribution in [-0.4, -0.2) is 59.0 Å². The molecule has 6 rings (SSSR count). The number of urea groups is 1. The number of hydrogen-bond acceptors (Lipinski definition) is 13. The molecule has 0 aliphatic rings. The number of phenolic OH excluding ortho intramolecular Hbond substituents is 2. The van der Waals surface area contributed by atoms with E-state index in [4.69, 9.17) is 0 Å². The van der Waals surface area contributed by atoms with E-state index >= 15 is 0 Å². The van der Waals surface area contributed by atoms with Crippen LogP contribution in [0.15, 0.2) is 117 Å². The number of sulfonamides is 2. The first-order chi connectivity index (χ1) is 26.1. The Labute approximate surface area is 320 Å². The third kappa shape index (κ3) is 7.89. The molecule has 0 aromatic heterocycles. The van der Waals surface area contributed by atoms with Crippen LogP contribution in [0.1, 0.15) is 11.1 Å². The van der Waals surface area contributed by atoms with Crippen LogP contribution in [0.2, 0.25) is 0 Å². The number of aromatic hydroxyl groups is 2. The molecule has 17 nitrogen and oxygen atoms in total. The Morgan fingerprint density at radius 2 is 0.821 bits per heavy atom. The van der Waals surface area contributed by atoms with Crippen molar-refractivity contribution in [3.05, 3.63) is 108 Å². The van der Waals surface area contributed by atoms with Crippen molar-refractivity contribution in [3.8, 4) is 11.5 Å². The molecule has 0 atom stereocenters. The largest absolute Gasteiger partial charge is 0.506 e. The average molecular weight is 843 g/mol. The summed E-state index contributed by atoms with van der Waals surface area (Å²) in [5, 5.41) is 27.7. The highest BCUT2D eigenvalue weighted by Gasteiger charge is 2.27. The molecule has 0 heterocycles. The highest BCUT2D eigenvalue weighted by molar-refractivity contribution is 7.91. The minimum absolute atomic E-state index is 0.0470. The fourth-order valence-electron chi connectivity index (χ4n) is 6.07. The zero-order valence-electron chi connectivity index (χ0n) is 28.8. The Balaban J connectivity index is 1.19. The maximum atomic E-state index is 13.2. The molecule has 21 heteroatoms. The first-order valence-corrected chi connectivity index (χ1v) is 21.7. The average Bonchev–Trinajstić information content (AvgIpc) is 3.08. The Kier molecular flexibility index (Phi) is 10.1. The van der Waals surface area contributed by atoms with Gasteiger partial charge in [-0.2, -0.15) is 16.8 Å². The van der Waals surface area contributed by atoms with Crippen molar-refractivity contribution in [1.29, 1.82) is 0 Å². The van der Waals surface area contributed by atoms with E-state index < -0.39 is 77.4 Å². The number of aryl methyl sites for hydroxylation is 2. The lowest BCUT2D eigenvalue weighted by Crippen LogP contribution is -2.42. The summed E-state index contributed by atoms with van der Waals surface area (Å²) in [6.45, 7) is 2.77. The lowest BCUT2D eigenvalue weighted by Gasteiger charge is -2.16. The van der Waals surface area contributed by atoms with E-state index in [0.29, 0.717) is 0 Å². The summed E-state index contributed by atoms with van der Waals surface area (Å²) in [7, 11) is -18.7. The van der Waals surface area contributed by atoms with Crippen LogP contribution >= 0.6 is 0 Å². The zero-order valence-corrected chi connectivity index (χ0v) is 32.1. The Morgan fingerprint density at radius 1 is 0.482 bits per heavy atom. The number of nitrogens with one attached hydrogen (secondary N) is 4. The van der Waals surface area contributed by atoms with E-state index in [1.165, 1.54) is 74.5 Å². The molecule has 6 aromatic rings. The molecule has 0 spiro atoms. The summed E-state index contributed by atoms with van der Waals surface area (Å²) in [5.74, 6) is -1.07. The van der Waals surface area contributed by atoms with Crippen molar-refractivity contribution in [2.75, 3.05) is 10.6 Å². The molecule has 292 valence electrons. The molecule has 56 heavy (non-hydrogen) atoms. The highest BCUT2D eigenvalue weighted by Crippen LogP contribution is 2.40. The number of carbonyl (C=O) groups excluding carboxylic acids is 1. The Hall–Kier alpha value is -5.97. The van der Waals surface area contributed by atoms with Gasteiger partial charge in [-0.15, -0.1) is 0 Å². The first kappa shape index (κ1) is 39.7. The number of benzene rings is 6. The molecule has 0 radical (unpaired) electrons. The van der Waals surface area contributed by atoms with Crippen molar-refractivity contribution in [1.82, 2.24) is 9.44 Å². The van der Waals surface area contributed by atoms with E-state index in [0.717, 1.165) is 24.3 Å². The van der Waals surface area contributed by atoms with Gasteiger partial charge in [0.25, 0.3) is 40.3 Å². The molecule has 0 unspecified atom stereocenters. The molecule has 8 N–H and O–H groups in total. The summed E-state index contributed by atoms with van der Waals surface area (Å²) in [4.78, 5) is 10.9. The molecule has 0 aliphatic heterocycles. The maximum Gasteiger partial charge on any atom is 0.342 e. The van der Waals surface area contributed by atoms with Crippen molar-refractivity contribution in [2.45, 2.75) is 33.4 Å². The van der Waals surface area contributed by atoms with Gasteiger partial charge in [0, 0.05) is 45.1 Å². The molecule has 6 aromatic carbocycles. The van der Waals surface area contributed by atoms with Gasteiger partial charge in [0.05, 0.1) is 21.2 Å². The van der Waals surface area contributed by atoms with Crippen LogP contribution in [0.4, 0.5) is 27.5 Å². The number of rotatable bonds is 10. The van der Waals surface area contributed by atoms with Gasteiger partial charge >= 0.3 is 6.03 Å². The predicted molar refractivity (Wildman–Crippen MR) is 206 cm³/mol. The van der Waals surface area contributed by atoms with Crippen LogP contribution in [0.25, 0.3) is 21.5 Å². The molecule has 0 aliphatic carbocycles. The molecular weight excluding hydrogens is 813 g/mol. The fraction of sp³-hybridized carbons (Fsp3) is 0.0571. The normalized spacial score (nSPS) is 12.4. The number of hydrogen-bond donors (Lipinski definition) is 8. The molecule has 0 bridgehead atoms. The number of fused-ring (bicyclic) bond motifs is 2. The second kappa shape index (κ2) is 14.3. The summed E-state index contributed by atoms with van der Waals surface area (Å²) in [5.41, 5.74) is 0.737. The topological polar surface area (TPSA) is 283 Å². The number of carbonyl (C=O) groups is 1. The zero-order chi connectivity index (χ0) is 41.0. The second-order valence-corrected chi connectivity index (χ2v) is 18.4. The highest BCUT2D eigenvalue weighted by atomic mass is 32.2. The van der Waals surface area contributed by atoms with Gasteiger partial charge in [-0.1, -0.05) is 48.5 Å². The minimum Gasteiger partial charge on any atom is -0.506 e. The van der Waals surface area contributed by atoms with Gasteiger partial charge < -0.3 is 20.8 Å². The molecule has 0 saturated carbocycles. The molecule has 0 saturated heterocycles. The summed E-state index contributed by atoms with van der Waals surface area (Å²) < 4.78 is 123. The van der Waals surface area contributed by atoms with Crippen LogP contribution in [0, 0.1) is 13.8 Å². The molecular formula is C35H30N4O13S4. The van der Waals surface area contributed by atoms with Crippen molar-refractivity contribution < 1.29 is 57.8 Å². The van der Waals surface area contributed by atoms with E-state index in [-0.39, 0.29) is 55.4 Å². The summed E-state index contributed by atoms with van der Waals surface area (Å²) >= 11 is 0. The monoisotopic (exact) mass is 842 g/mol. The van der Waals surface area contributed by atoms with Crippen molar-refractivity contribution in [3.63, 3.8) is 0 Å². The van der Waals surface area contributed by atoms with Gasteiger partial charge in [-0.05, 0) is 61.4 Å². The third-order valence-electron chi connectivity index (χ3n) is 8.45. The predicted octanol–water partition coefficient (Wildman–Crippen LogP) is 5.38. The van der Waals surface area contributed by atoms with Gasteiger partial charge in [-0.25, -0.2) is 31.1 Å². The molecule has 2 amide bonds. The third-order valence-corrected chi connectivity index (χ3v) is 13.2. The van der Waals surface area contributed by atoms with Gasteiger partial charge in [0.15, 0.2) is 0 Å². The van der Waals surface area contributed by atoms with Crippen molar-refractivity contribution >= 4 is 90.6 Å². The quantitative estimate of drug-likeness (QED) is 0.0635. The van der Waals surface area contributed by atoms with E-state index in [2.05, 4.69) is 10.6 Å². The first-order valence-electron chi connectivity index (χ1n) is 15.9. The second-order valence-electron chi connectivity index (χ2n) is 12.3. The number of anilines is 4. The molecule has 0 fully saturated rings. The Bertz CT molecular complexity index is 2880. The Morgan fingerprint density at radius 3 is 1.14 bits per heavy atom. The smallest absolute Gasteiger partial charge is 0.342 e. The van der Waals surface area contributed by atoms with Crippen molar-refractivity contribution in [2.24, 2.45) is 0 Å². The maximum absolute atomic E-state index is 13.2. The van der Waals surface area contributed by atoms with E-state index in [1.54, 1.807) is 21.6 Å². The standard InChI is InChI=1S/C35H30N4O13S4/c1-19-15-21(36-33-25-9-5-3-7-23(25)31(17-27(33)40)55(47,48)49)11-13-29(19)53(43,44)38-35(42)39-54(45,46)30-14-12-22(16-20(30)2)37-34-26-10-6-4-8-24(26)32(18-28(34)41)56(50,51)52/h3-18,36-37,40-41H,1-2H3,(H2,38,39,42)(H,47,48,49)(H,50,51,52). The summed E-state index contributed by atoms with van der Waals surface area (Å²) in [6, 6.07) is 19.6. The van der Waals surface area contributed by atoms with E-state index in [1.807, 2.05) is 0 Å². The summed E-state index contributed by atoms with van der Waals surface area (Å²) in [6.07, 6.45) is 0. The lowest BCUT2D eigenvalue weighted by atomic mass is 10.1. The van der Waals surface area contributed by atoms with Gasteiger partial charge in [0.1, 0.15) is 21.3 Å². The number of amides is 2. The fourth-order valence-corrected chi connectivity index (χ4v) is 9.83.